The van der Waals surface area contributed by atoms with E-state index in [2.05, 4.69) is 0 Å². The van der Waals surface area contributed by atoms with Crippen LogP contribution in [0, 0.1) is 29.4 Å². The molecule has 0 saturated heterocycles. The molecule has 96 valence electrons. The number of fused-ring (bicyclic) bond motifs is 2. The van der Waals surface area contributed by atoms with Gasteiger partial charge in [-0.25, -0.2) is 8.78 Å². The molecule has 4 atom stereocenters. The second-order valence-corrected chi connectivity index (χ2v) is 5.40. The molecular formula is C14H15F2NO. The van der Waals surface area contributed by atoms with Crippen LogP contribution >= 0.6 is 0 Å². The summed E-state index contributed by atoms with van der Waals surface area (Å²) in [6.45, 7) is 0. The van der Waals surface area contributed by atoms with Crippen LogP contribution in [0.4, 0.5) is 8.78 Å². The summed E-state index contributed by atoms with van der Waals surface area (Å²) in [5.74, 6) is -2.05. The predicted octanol–water partition coefficient (Wildman–Crippen LogP) is 2.52. The molecule has 2 bridgehead atoms. The third-order valence-corrected chi connectivity index (χ3v) is 4.50. The molecule has 0 amide bonds. The fraction of sp³-hybridized carbons (Fsp3) is 0.500. The number of benzene rings is 1. The van der Waals surface area contributed by atoms with Crippen LogP contribution in [0.3, 0.4) is 0 Å². The molecule has 4 heteroatoms. The minimum absolute atomic E-state index is 0.150. The summed E-state index contributed by atoms with van der Waals surface area (Å²) in [6.07, 6.45) is 2.99. The quantitative estimate of drug-likeness (QED) is 0.821. The average Bonchev–Trinajstić information content (AvgIpc) is 2.92. The van der Waals surface area contributed by atoms with Crippen molar-refractivity contribution in [1.29, 1.82) is 0 Å². The van der Waals surface area contributed by atoms with Gasteiger partial charge in [0.05, 0.1) is 5.56 Å². The van der Waals surface area contributed by atoms with Crippen LogP contribution in [0.1, 0.15) is 29.6 Å². The van der Waals surface area contributed by atoms with Gasteiger partial charge in [-0.2, -0.15) is 0 Å². The lowest BCUT2D eigenvalue weighted by Gasteiger charge is -2.27. The van der Waals surface area contributed by atoms with Crippen LogP contribution in [-0.4, -0.2) is 11.8 Å². The van der Waals surface area contributed by atoms with Crippen molar-refractivity contribution in [2.75, 3.05) is 0 Å². The second kappa shape index (κ2) is 4.12. The van der Waals surface area contributed by atoms with Gasteiger partial charge in [-0.15, -0.1) is 0 Å². The molecule has 2 saturated carbocycles. The highest BCUT2D eigenvalue weighted by Gasteiger charge is 2.49. The maximum absolute atomic E-state index is 13.6. The predicted molar refractivity (Wildman–Crippen MR) is 63.0 cm³/mol. The summed E-state index contributed by atoms with van der Waals surface area (Å²) in [6, 6.07) is 3.54. The zero-order valence-corrected chi connectivity index (χ0v) is 9.90. The second-order valence-electron chi connectivity index (χ2n) is 5.40. The normalized spacial score (nSPS) is 33.9. The minimum Gasteiger partial charge on any atom is -0.327 e. The van der Waals surface area contributed by atoms with Gasteiger partial charge in [0.1, 0.15) is 0 Å². The van der Waals surface area contributed by atoms with E-state index in [-0.39, 0.29) is 29.2 Å². The Bertz CT molecular complexity index is 501. The molecule has 2 nitrogen and oxygen atoms in total. The van der Waals surface area contributed by atoms with Gasteiger partial charge in [0.15, 0.2) is 17.4 Å². The fourth-order valence-electron chi connectivity index (χ4n) is 3.60. The first kappa shape index (κ1) is 11.8. The molecule has 0 radical (unpaired) electrons. The molecule has 0 aliphatic heterocycles. The average molecular weight is 251 g/mol. The lowest BCUT2D eigenvalue weighted by molar-refractivity contribution is 0.0851. The maximum atomic E-state index is 13.6. The summed E-state index contributed by atoms with van der Waals surface area (Å²) in [5.41, 5.74) is 5.90. The lowest BCUT2D eigenvalue weighted by Crippen LogP contribution is -2.40. The molecule has 18 heavy (non-hydrogen) atoms. The van der Waals surface area contributed by atoms with Crippen LogP contribution in [0.15, 0.2) is 18.2 Å². The van der Waals surface area contributed by atoms with Crippen LogP contribution in [0.25, 0.3) is 0 Å². The molecule has 1 aromatic carbocycles. The largest absolute Gasteiger partial charge is 0.327 e. The highest BCUT2D eigenvalue weighted by molar-refractivity contribution is 5.99. The van der Waals surface area contributed by atoms with Crippen molar-refractivity contribution in [2.24, 2.45) is 23.5 Å². The Morgan fingerprint density at radius 1 is 1.22 bits per heavy atom. The van der Waals surface area contributed by atoms with Gasteiger partial charge in [-0.3, -0.25) is 4.79 Å². The number of halogens is 2. The minimum atomic E-state index is -1.04. The maximum Gasteiger partial charge on any atom is 0.170 e. The molecule has 0 spiro atoms. The number of hydrogen-bond acceptors (Lipinski definition) is 2. The van der Waals surface area contributed by atoms with Crippen molar-refractivity contribution >= 4 is 5.78 Å². The van der Waals surface area contributed by atoms with E-state index in [1.807, 2.05) is 0 Å². The molecule has 3 rings (SSSR count). The first-order chi connectivity index (χ1) is 8.59. The molecule has 1 aromatic rings. The van der Waals surface area contributed by atoms with Crippen molar-refractivity contribution in [2.45, 2.75) is 25.3 Å². The van der Waals surface area contributed by atoms with Crippen molar-refractivity contribution < 1.29 is 13.6 Å². The summed E-state index contributed by atoms with van der Waals surface area (Å²) in [5, 5.41) is 0. The van der Waals surface area contributed by atoms with Gasteiger partial charge in [0, 0.05) is 12.0 Å². The fourth-order valence-corrected chi connectivity index (χ4v) is 3.60. The Balaban J connectivity index is 1.93. The van der Waals surface area contributed by atoms with Crippen LogP contribution in [0.5, 0.6) is 0 Å². The van der Waals surface area contributed by atoms with E-state index >= 15 is 0 Å². The van der Waals surface area contributed by atoms with Gasteiger partial charge in [-0.1, -0.05) is 6.07 Å². The third-order valence-electron chi connectivity index (χ3n) is 4.50. The summed E-state index contributed by atoms with van der Waals surface area (Å²) >= 11 is 0. The van der Waals surface area contributed by atoms with E-state index in [1.165, 1.54) is 12.1 Å². The molecule has 2 fully saturated rings. The Morgan fingerprint density at radius 2 is 1.94 bits per heavy atom. The van der Waals surface area contributed by atoms with E-state index in [4.69, 9.17) is 5.73 Å². The SMILES string of the molecule is NC1C2CCC(C2)C1C(=O)c1cccc(F)c1F. The molecule has 2 aliphatic rings. The van der Waals surface area contributed by atoms with Crippen LogP contribution in [0.2, 0.25) is 0 Å². The molecule has 2 N–H and O–H groups in total. The first-order valence-electron chi connectivity index (χ1n) is 6.33. The van der Waals surface area contributed by atoms with E-state index in [1.54, 1.807) is 0 Å². The Kier molecular flexibility index (Phi) is 2.70. The van der Waals surface area contributed by atoms with Crippen LogP contribution in [-0.2, 0) is 0 Å². The molecular weight excluding hydrogens is 236 g/mol. The Hall–Kier alpha value is -1.29. The number of nitrogens with two attached hydrogens (primary N) is 1. The number of hydrogen-bond donors (Lipinski definition) is 1. The molecule has 2 aliphatic carbocycles. The van der Waals surface area contributed by atoms with Crippen molar-refractivity contribution in [3.8, 4) is 0 Å². The van der Waals surface area contributed by atoms with E-state index in [0.717, 1.165) is 25.3 Å². The summed E-state index contributed by atoms with van der Waals surface area (Å²) < 4.78 is 26.8. The van der Waals surface area contributed by atoms with E-state index in [0.29, 0.717) is 5.92 Å². The topological polar surface area (TPSA) is 43.1 Å². The number of carbonyl (C=O) groups excluding carboxylic acids is 1. The van der Waals surface area contributed by atoms with Gasteiger partial charge in [-0.05, 0) is 43.2 Å². The molecule has 0 aromatic heterocycles. The van der Waals surface area contributed by atoms with Crippen LogP contribution < -0.4 is 5.73 Å². The zero-order valence-electron chi connectivity index (χ0n) is 9.90. The Labute approximate surface area is 104 Å². The third kappa shape index (κ3) is 1.59. The molecule has 0 heterocycles. The standard InChI is InChI=1S/C14H15F2NO/c15-10-3-1-2-9(12(10)16)14(18)11-7-4-5-8(6-7)13(11)17/h1-3,7-8,11,13H,4-6,17H2. The highest BCUT2D eigenvalue weighted by Crippen LogP contribution is 2.48. The number of carbonyl (C=O) groups is 1. The number of rotatable bonds is 2. The van der Waals surface area contributed by atoms with Crippen molar-refractivity contribution in [1.82, 2.24) is 0 Å². The number of Topliss-reactive ketones (excluding diaryl/α,β-unsaturated/α-hetero) is 1. The number of ketones is 1. The van der Waals surface area contributed by atoms with Gasteiger partial charge < -0.3 is 5.73 Å². The van der Waals surface area contributed by atoms with Gasteiger partial charge in [0.2, 0.25) is 0 Å². The molecule has 4 unspecified atom stereocenters. The monoisotopic (exact) mass is 251 g/mol. The van der Waals surface area contributed by atoms with E-state index < -0.39 is 11.6 Å². The lowest BCUT2D eigenvalue weighted by atomic mass is 9.80. The van der Waals surface area contributed by atoms with E-state index in [9.17, 15) is 13.6 Å². The first-order valence-corrected chi connectivity index (χ1v) is 6.33. The van der Waals surface area contributed by atoms with Gasteiger partial charge in [0.25, 0.3) is 0 Å². The Morgan fingerprint density at radius 3 is 2.61 bits per heavy atom. The summed E-state index contributed by atoms with van der Waals surface area (Å²) in [7, 11) is 0. The zero-order chi connectivity index (χ0) is 12.9. The van der Waals surface area contributed by atoms with Crippen molar-refractivity contribution in [3.05, 3.63) is 35.4 Å². The highest BCUT2D eigenvalue weighted by atomic mass is 19.2. The van der Waals surface area contributed by atoms with Gasteiger partial charge >= 0.3 is 0 Å². The van der Waals surface area contributed by atoms with Crippen molar-refractivity contribution in [3.63, 3.8) is 0 Å². The smallest absolute Gasteiger partial charge is 0.170 e. The summed E-state index contributed by atoms with van der Waals surface area (Å²) in [4.78, 5) is 12.3.